The first-order valence-corrected chi connectivity index (χ1v) is 15.9. The molecule has 3 heterocycles. The number of methoxy groups -OCH3 is 1. The van der Waals surface area contributed by atoms with Gasteiger partial charge in [0.1, 0.15) is 5.75 Å². The number of piperidine rings is 1. The normalized spacial score (nSPS) is 14.6. The van der Waals surface area contributed by atoms with Crippen LogP contribution in [-0.4, -0.2) is 54.6 Å². The van der Waals surface area contributed by atoms with Gasteiger partial charge in [-0.05, 0) is 111 Å². The van der Waals surface area contributed by atoms with Crippen LogP contribution in [0.5, 0.6) is 5.75 Å². The molecule has 45 heavy (non-hydrogen) atoms. The number of nitrogens with zero attached hydrogens (tertiary/aromatic N) is 4. The summed E-state index contributed by atoms with van der Waals surface area (Å²) in [5.74, 6) is 0.828. The average Bonchev–Trinajstić information content (AvgIpc) is 3.04. The lowest BCUT2D eigenvalue weighted by molar-refractivity contribution is -0.605. The molecule has 4 aromatic rings. The van der Waals surface area contributed by atoms with Gasteiger partial charge in [0.2, 0.25) is 0 Å². The molecule has 2 aromatic heterocycles. The summed E-state index contributed by atoms with van der Waals surface area (Å²) in [6, 6.07) is 18.9. The highest BCUT2D eigenvalue weighted by Gasteiger charge is 2.28. The first-order chi connectivity index (χ1) is 21.7. The first kappa shape index (κ1) is 32.0. The van der Waals surface area contributed by atoms with Crippen LogP contribution >= 0.6 is 0 Å². The number of anilines is 1. The summed E-state index contributed by atoms with van der Waals surface area (Å²) >= 11 is 0. The Morgan fingerprint density at radius 1 is 1.02 bits per heavy atom. The zero-order chi connectivity index (χ0) is 31.9. The molecule has 0 unspecified atom stereocenters. The van der Waals surface area contributed by atoms with Gasteiger partial charge >= 0.3 is 0 Å². The Balaban J connectivity index is 1.16. The lowest BCUT2D eigenvalue weighted by Crippen LogP contribution is -2.48. The zero-order valence-electron chi connectivity index (χ0n) is 27.1. The molecule has 0 aliphatic carbocycles. The van der Waals surface area contributed by atoms with Crippen molar-refractivity contribution in [2.24, 2.45) is 0 Å². The van der Waals surface area contributed by atoms with E-state index in [4.69, 9.17) is 4.74 Å². The number of likely N-dealkylation sites (tertiary alicyclic amines) is 1. The smallest absolute Gasteiger partial charge is 0.251 e. The van der Waals surface area contributed by atoms with Crippen LogP contribution in [0.25, 0.3) is 11.1 Å². The molecule has 0 radical (unpaired) electrons. The predicted molar refractivity (Wildman–Crippen MR) is 179 cm³/mol. The molecule has 1 aliphatic rings. The highest BCUT2D eigenvalue weighted by atomic mass is 16.5. The molecule has 1 saturated heterocycles. The maximum absolute atomic E-state index is 13.2. The number of benzene rings is 2. The van der Waals surface area contributed by atoms with Crippen LogP contribution in [0.4, 0.5) is 5.69 Å². The number of nitrogens with one attached hydrogen (secondary N) is 1. The number of rotatable bonds is 11. The van der Waals surface area contributed by atoms with E-state index in [1.54, 1.807) is 19.2 Å². The van der Waals surface area contributed by atoms with E-state index in [2.05, 4.69) is 52.1 Å². The molecule has 1 amide bonds. The van der Waals surface area contributed by atoms with E-state index < -0.39 is 0 Å². The van der Waals surface area contributed by atoms with Crippen molar-refractivity contribution in [2.75, 3.05) is 31.6 Å². The lowest BCUT2D eigenvalue weighted by atomic mass is 9.95. The van der Waals surface area contributed by atoms with Gasteiger partial charge in [-0.2, -0.15) is 4.73 Å². The van der Waals surface area contributed by atoms with Crippen LogP contribution < -0.4 is 19.7 Å². The monoisotopic (exact) mass is 607 g/mol. The Hall–Kier alpha value is -4.43. The summed E-state index contributed by atoms with van der Waals surface area (Å²) in [5, 5.41) is 14.6. The number of hydrogen-bond acceptors (Lipinski definition) is 6. The molecule has 0 saturated carbocycles. The highest BCUT2D eigenvalue weighted by molar-refractivity contribution is 5.97. The molecular weight excluding hydrogens is 562 g/mol. The topological polar surface area (TPSA) is 84.6 Å². The maximum Gasteiger partial charge on any atom is 0.251 e. The second kappa shape index (κ2) is 14.6. The van der Waals surface area contributed by atoms with Crippen molar-refractivity contribution in [3.8, 4) is 16.9 Å². The van der Waals surface area contributed by atoms with E-state index in [-0.39, 0.29) is 5.91 Å². The van der Waals surface area contributed by atoms with Crippen LogP contribution in [0.1, 0.15) is 58.8 Å². The fraction of sp³-hybridized carbons (Fsp3) is 0.378. The number of carbonyl (C=O) groups is 1. The van der Waals surface area contributed by atoms with Gasteiger partial charge in [-0.3, -0.25) is 9.78 Å². The second-order valence-electron chi connectivity index (χ2n) is 12.2. The quantitative estimate of drug-likeness (QED) is 0.166. The van der Waals surface area contributed by atoms with E-state index in [0.717, 1.165) is 77.2 Å². The van der Waals surface area contributed by atoms with E-state index in [0.29, 0.717) is 18.6 Å². The van der Waals surface area contributed by atoms with E-state index in [9.17, 15) is 10.0 Å². The molecule has 1 N–H and O–H groups in total. The first-order valence-electron chi connectivity index (χ1n) is 15.9. The summed E-state index contributed by atoms with van der Waals surface area (Å²) in [5.41, 5.74) is 8.25. The van der Waals surface area contributed by atoms with Crippen molar-refractivity contribution in [1.29, 1.82) is 0 Å². The van der Waals surface area contributed by atoms with Crippen molar-refractivity contribution < 1.29 is 14.3 Å². The molecule has 236 valence electrons. The van der Waals surface area contributed by atoms with E-state index >= 15 is 0 Å². The molecular formula is C37H45N5O3. The molecule has 0 spiro atoms. The zero-order valence-corrected chi connectivity index (χ0v) is 27.1. The number of carbonyl (C=O) groups excluding carboxylic acids is 1. The molecule has 1 atom stereocenters. The minimum Gasteiger partial charge on any atom is -0.619 e. The Bertz CT molecular complexity index is 1560. The van der Waals surface area contributed by atoms with Crippen LogP contribution in [0.2, 0.25) is 0 Å². The lowest BCUT2D eigenvalue weighted by Gasteiger charge is -2.42. The number of aromatic nitrogens is 2. The average molecular weight is 608 g/mol. The van der Waals surface area contributed by atoms with Gasteiger partial charge in [0.05, 0.1) is 7.11 Å². The fourth-order valence-electron chi connectivity index (χ4n) is 6.45. The van der Waals surface area contributed by atoms with Gasteiger partial charge in [0.25, 0.3) is 5.91 Å². The standard InChI is InChI=1S/C37H45N5O3/c1-26-10-16-38-24-32(26)25-42(33-6-8-35(45-5)9-7-33)34-14-18-40(19-15-34)29(4)11-17-39-37(43)36-27(2)22-31(23-28(36)3)30-12-20-41(44)21-13-30/h6-10,12-13,16,20-24,29,34H,11,14-15,17-19,25H2,1-5H3,(H,39,43)/t29-/m1/s1. The van der Waals surface area contributed by atoms with E-state index in [1.807, 2.05) is 50.5 Å². The van der Waals surface area contributed by atoms with Crippen LogP contribution in [-0.2, 0) is 6.54 Å². The van der Waals surface area contributed by atoms with Crippen molar-refractivity contribution in [1.82, 2.24) is 15.2 Å². The minimum absolute atomic E-state index is 0.0336. The summed E-state index contributed by atoms with van der Waals surface area (Å²) in [7, 11) is 1.70. The van der Waals surface area contributed by atoms with Gasteiger partial charge in [0, 0.05) is 74.0 Å². The van der Waals surface area contributed by atoms with Gasteiger partial charge in [-0.25, -0.2) is 0 Å². The number of hydrogen-bond donors (Lipinski definition) is 1. The number of aryl methyl sites for hydroxylation is 3. The van der Waals surface area contributed by atoms with Gasteiger partial charge in [-0.1, -0.05) is 12.1 Å². The molecule has 5 rings (SSSR count). The summed E-state index contributed by atoms with van der Waals surface area (Å²) in [6.45, 7) is 11.8. The van der Waals surface area contributed by atoms with Gasteiger partial charge in [-0.15, -0.1) is 0 Å². The van der Waals surface area contributed by atoms with Gasteiger partial charge < -0.3 is 25.1 Å². The van der Waals surface area contributed by atoms with Crippen molar-refractivity contribution in [3.63, 3.8) is 0 Å². The highest BCUT2D eigenvalue weighted by Crippen LogP contribution is 2.29. The Morgan fingerprint density at radius 2 is 1.69 bits per heavy atom. The van der Waals surface area contributed by atoms with Crippen LogP contribution in [0.3, 0.4) is 0 Å². The van der Waals surface area contributed by atoms with Crippen LogP contribution in [0.15, 0.2) is 79.4 Å². The predicted octanol–water partition coefficient (Wildman–Crippen LogP) is 6.00. The Morgan fingerprint density at radius 3 is 2.31 bits per heavy atom. The third-order valence-electron chi connectivity index (χ3n) is 9.20. The summed E-state index contributed by atoms with van der Waals surface area (Å²) in [4.78, 5) is 22.7. The molecule has 2 aromatic carbocycles. The number of ether oxygens (including phenoxy) is 1. The molecule has 8 heteroatoms. The Labute approximate surface area is 267 Å². The van der Waals surface area contributed by atoms with Gasteiger partial charge in [0.15, 0.2) is 12.4 Å². The van der Waals surface area contributed by atoms with Crippen molar-refractivity contribution >= 4 is 11.6 Å². The maximum atomic E-state index is 13.2. The largest absolute Gasteiger partial charge is 0.619 e. The third-order valence-corrected chi connectivity index (χ3v) is 9.20. The second-order valence-corrected chi connectivity index (χ2v) is 12.2. The number of amides is 1. The fourth-order valence-corrected chi connectivity index (χ4v) is 6.45. The summed E-state index contributed by atoms with van der Waals surface area (Å²) < 4.78 is 6.18. The Kier molecular flexibility index (Phi) is 10.4. The number of pyridine rings is 2. The van der Waals surface area contributed by atoms with Crippen molar-refractivity contribution in [2.45, 2.75) is 65.6 Å². The SMILES string of the molecule is COc1ccc(N(Cc2cnccc2C)C2CCN([C@H](C)CCNC(=O)c3c(C)cc(-c4cc[n+]([O-])cc4)cc3C)CC2)cc1. The van der Waals surface area contributed by atoms with E-state index in [1.165, 1.54) is 29.2 Å². The molecule has 1 aliphatic heterocycles. The minimum atomic E-state index is -0.0336. The molecule has 1 fully saturated rings. The molecule has 8 nitrogen and oxygen atoms in total. The third kappa shape index (κ3) is 7.81. The van der Waals surface area contributed by atoms with Crippen LogP contribution in [0, 0.1) is 26.0 Å². The summed E-state index contributed by atoms with van der Waals surface area (Å²) in [6.07, 6.45) is 9.86. The molecule has 0 bridgehead atoms. The van der Waals surface area contributed by atoms with Crippen molar-refractivity contribution in [3.05, 3.63) is 112 Å².